The summed E-state index contributed by atoms with van der Waals surface area (Å²) in [5.41, 5.74) is 0.828. The number of H-pyrrole nitrogens is 1. The quantitative estimate of drug-likeness (QED) is 0.793. The number of hydrogen-bond acceptors (Lipinski definition) is 4. The third kappa shape index (κ3) is 2.88. The number of sulfonamides is 1. The van der Waals surface area contributed by atoms with Crippen LogP contribution in [0.4, 0.5) is 0 Å². The summed E-state index contributed by atoms with van der Waals surface area (Å²) in [6.45, 7) is 4.72. The van der Waals surface area contributed by atoms with Gasteiger partial charge in [0.2, 0.25) is 15.9 Å². The Labute approximate surface area is 107 Å². The predicted octanol–water partition coefficient (Wildman–Crippen LogP) is -0.218. The molecule has 1 heterocycles. The summed E-state index contributed by atoms with van der Waals surface area (Å²) >= 11 is 0. The first-order chi connectivity index (χ1) is 8.16. The van der Waals surface area contributed by atoms with Gasteiger partial charge in [-0.2, -0.15) is 9.82 Å². The summed E-state index contributed by atoms with van der Waals surface area (Å²) in [5, 5.41) is 6.43. The summed E-state index contributed by atoms with van der Waals surface area (Å²) in [5.74, 6) is -0.308. The van der Waals surface area contributed by atoms with Crippen molar-refractivity contribution < 1.29 is 13.2 Å². The van der Waals surface area contributed by atoms with Crippen molar-refractivity contribution in [2.45, 2.75) is 31.7 Å². The average molecular weight is 274 g/mol. The number of hydrogen-bond donors (Lipinski definition) is 2. The van der Waals surface area contributed by atoms with Gasteiger partial charge in [-0.15, -0.1) is 0 Å². The van der Waals surface area contributed by atoms with Gasteiger partial charge >= 0.3 is 0 Å². The Morgan fingerprint density at radius 3 is 2.33 bits per heavy atom. The van der Waals surface area contributed by atoms with E-state index < -0.39 is 16.1 Å². The third-order valence-electron chi connectivity index (χ3n) is 2.47. The number of rotatable bonds is 4. The first kappa shape index (κ1) is 14.7. The Morgan fingerprint density at radius 1 is 1.39 bits per heavy atom. The van der Waals surface area contributed by atoms with Gasteiger partial charge in [0.05, 0.1) is 17.4 Å². The molecule has 0 aliphatic rings. The van der Waals surface area contributed by atoms with E-state index in [0.29, 0.717) is 11.4 Å². The molecule has 0 fully saturated rings. The predicted molar refractivity (Wildman–Crippen MR) is 66.5 cm³/mol. The topological polar surface area (TPSA) is 95.2 Å². The molecule has 0 bridgehead atoms. The van der Waals surface area contributed by atoms with Crippen LogP contribution in [-0.4, -0.2) is 49.6 Å². The van der Waals surface area contributed by atoms with Crippen LogP contribution in [0.5, 0.6) is 0 Å². The standard InChI is InChI=1S/C10H18N4O3S/c1-6-9(7(2)12-11-6)18(16,17)13-8(3)10(15)14(4)5/h8,13H,1-5H3,(H,11,12). The Morgan fingerprint density at radius 2 is 1.94 bits per heavy atom. The first-order valence-corrected chi connectivity index (χ1v) is 6.90. The van der Waals surface area contributed by atoms with E-state index >= 15 is 0 Å². The van der Waals surface area contributed by atoms with Crippen molar-refractivity contribution in [2.24, 2.45) is 0 Å². The third-order valence-corrected chi connectivity index (χ3v) is 4.28. The normalized spacial score (nSPS) is 13.4. The van der Waals surface area contributed by atoms with Gasteiger partial charge in [-0.05, 0) is 20.8 Å². The van der Waals surface area contributed by atoms with Gasteiger partial charge in [0.25, 0.3) is 0 Å². The van der Waals surface area contributed by atoms with Crippen LogP contribution >= 0.6 is 0 Å². The lowest BCUT2D eigenvalue weighted by molar-refractivity contribution is -0.130. The van der Waals surface area contributed by atoms with Crippen LogP contribution in [0.1, 0.15) is 18.3 Å². The number of likely N-dealkylation sites (N-methyl/N-ethyl adjacent to an activating group) is 1. The summed E-state index contributed by atoms with van der Waals surface area (Å²) in [7, 11) is -0.605. The summed E-state index contributed by atoms with van der Waals surface area (Å²) < 4.78 is 26.6. The maximum absolute atomic E-state index is 12.1. The Kier molecular flexibility index (Phi) is 4.12. The molecule has 0 saturated carbocycles. The molecule has 1 unspecified atom stereocenters. The fraction of sp³-hybridized carbons (Fsp3) is 0.600. The Hall–Kier alpha value is -1.41. The molecular formula is C10H18N4O3S. The van der Waals surface area contributed by atoms with Crippen LogP contribution < -0.4 is 4.72 Å². The maximum atomic E-state index is 12.1. The van der Waals surface area contributed by atoms with Gasteiger partial charge in [-0.3, -0.25) is 9.89 Å². The van der Waals surface area contributed by atoms with Crippen LogP contribution in [0.15, 0.2) is 4.90 Å². The van der Waals surface area contributed by atoms with Gasteiger partial charge in [-0.25, -0.2) is 8.42 Å². The fourth-order valence-corrected chi connectivity index (χ4v) is 3.23. The van der Waals surface area contributed by atoms with E-state index in [1.54, 1.807) is 27.9 Å². The molecule has 0 spiro atoms. The monoisotopic (exact) mass is 274 g/mol. The van der Waals surface area contributed by atoms with Crippen molar-refractivity contribution >= 4 is 15.9 Å². The highest BCUT2D eigenvalue weighted by atomic mass is 32.2. The maximum Gasteiger partial charge on any atom is 0.244 e. The minimum Gasteiger partial charge on any atom is -0.347 e. The zero-order valence-electron chi connectivity index (χ0n) is 11.1. The molecule has 1 atom stereocenters. The van der Waals surface area contributed by atoms with E-state index in [-0.39, 0.29) is 10.8 Å². The number of aromatic amines is 1. The molecule has 1 aromatic heterocycles. The fourth-order valence-electron chi connectivity index (χ4n) is 1.67. The van der Waals surface area contributed by atoms with E-state index in [1.165, 1.54) is 11.8 Å². The highest BCUT2D eigenvalue weighted by molar-refractivity contribution is 7.89. The van der Waals surface area contributed by atoms with E-state index in [0.717, 1.165) is 0 Å². The van der Waals surface area contributed by atoms with Crippen LogP contribution in [0.2, 0.25) is 0 Å². The molecule has 18 heavy (non-hydrogen) atoms. The molecule has 2 N–H and O–H groups in total. The smallest absolute Gasteiger partial charge is 0.244 e. The summed E-state index contributed by atoms with van der Waals surface area (Å²) in [4.78, 5) is 13.1. The second-order valence-corrected chi connectivity index (χ2v) is 5.99. The minimum atomic E-state index is -3.75. The van der Waals surface area contributed by atoms with Crippen molar-refractivity contribution in [1.82, 2.24) is 19.8 Å². The van der Waals surface area contributed by atoms with Crippen molar-refractivity contribution in [3.8, 4) is 0 Å². The lowest BCUT2D eigenvalue weighted by Crippen LogP contribution is -2.44. The molecule has 1 rings (SSSR count). The first-order valence-electron chi connectivity index (χ1n) is 5.42. The zero-order chi connectivity index (χ0) is 14.1. The number of aromatic nitrogens is 2. The highest BCUT2D eigenvalue weighted by Crippen LogP contribution is 2.16. The number of nitrogens with one attached hydrogen (secondary N) is 2. The molecule has 0 aliphatic carbocycles. The SMILES string of the molecule is Cc1n[nH]c(C)c1S(=O)(=O)NC(C)C(=O)N(C)C. The molecule has 8 heteroatoms. The van der Waals surface area contributed by atoms with Crippen molar-refractivity contribution in [3.05, 3.63) is 11.4 Å². The molecule has 0 radical (unpaired) electrons. The second kappa shape index (κ2) is 5.07. The number of carbonyl (C=O) groups excluding carboxylic acids is 1. The molecule has 0 aromatic carbocycles. The number of carbonyl (C=O) groups is 1. The van der Waals surface area contributed by atoms with Gasteiger partial charge in [0.15, 0.2) is 0 Å². The van der Waals surface area contributed by atoms with Gasteiger partial charge in [0, 0.05) is 14.1 Å². The number of nitrogens with zero attached hydrogens (tertiary/aromatic N) is 2. The van der Waals surface area contributed by atoms with E-state index in [2.05, 4.69) is 14.9 Å². The molecule has 1 aromatic rings. The molecule has 0 aliphatic heterocycles. The van der Waals surface area contributed by atoms with Crippen molar-refractivity contribution in [3.63, 3.8) is 0 Å². The van der Waals surface area contributed by atoms with Crippen LogP contribution in [0.3, 0.4) is 0 Å². The lowest BCUT2D eigenvalue weighted by Gasteiger charge is -2.18. The van der Waals surface area contributed by atoms with Crippen LogP contribution in [0, 0.1) is 13.8 Å². The minimum absolute atomic E-state index is 0.0981. The van der Waals surface area contributed by atoms with Crippen molar-refractivity contribution in [2.75, 3.05) is 14.1 Å². The summed E-state index contributed by atoms with van der Waals surface area (Å²) in [6.07, 6.45) is 0. The number of aryl methyl sites for hydroxylation is 2. The van der Waals surface area contributed by atoms with Gasteiger partial charge in [-0.1, -0.05) is 0 Å². The molecule has 7 nitrogen and oxygen atoms in total. The van der Waals surface area contributed by atoms with Crippen molar-refractivity contribution in [1.29, 1.82) is 0 Å². The molecular weight excluding hydrogens is 256 g/mol. The van der Waals surface area contributed by atoms with E-state index in [1.807, 2.05) is 0 Å². The summed E-state index contributed by atoms with van der Waals surface area (Å²) in [6, 6.07) is -0.821. The van der Waals surface area contributed by atoms with Crippen LogP contribution in [0.25, 0.3) is 0 Å². The Balaban J connectivity index is 3.00. The van der Waals surface area contributed by atoms with E-state index in [9.17, 15) is 13.2 Å². The second-order valence-electron chi connectivity index (χ2n) is 4.34. The molecule has 0 saturated heterocycles. The molecule has 1 amide bonds. The molecule has 102 valence electrons. The van der Waals surface area contributed by atoms with Gasteiger partial charge < -0.3 is 4.90 Å². The van der Waals surface area contributed by atoms with E-state index in [4.69, 9.17) is 0 Å². The zero-order valence-corrected chi connectivity index (χ0v) is 11.9. The number of amides is 1. The Bertz CT molecular complexity index is 528. The average Bonchev–Trinajstić information content (AvgIpc) is 2.56. The largest absolute Gasteiger partial charge is 0.347 e. The lowest BCUT2D eigenvalue weighted by atomic mass is 10.3. The van der Waals surface area contributed by atoms with Crippen LogP contribution in [-0.2, 0) is 14.8 Å². The highest BCUT2D eigenvalue weighted by Gasteiger charge is 2.27. The van der Waals surface area contributed by atoms with Gasteiger partial charge in [0.1, 0.15) is 4.90 Å².